The van der Waals surface area contributed by atoms with Gasteiger partial charge in [0.05, 0.1) is 0 Å². The first-order valence-corrected chi connectivity index (χ1v) is 7.51. The van der Waals surface area contributed by atoms with E-state index in [0.29, 0.717) is 12.1 Å². The summed E-state index contributed by atoms with van der Waals surface area (Å²) in [6, 6.07) is 6.03. The van der Waals surface area contributed by atoms with Gasteiger partial charge in [0.2, 0.25) is 0 Å². The van der Waals surface area contributed by atoms with Gasteiger partial charge < -0.3 is 5.32 Å². The van der Waals surface area contributed by atoms with Crippen molar-refractivity contribution in [3.05, 3.63) is 34.1 Å². The maximum Gasteiger partial charge on any atom is 0.124 e. The molecule has 3 heteroatoms. The molecule has 18 heavy (non-hydrogen) atoms. The van der Waals surface area contributed by atoms with Gasteiger partial charge >= 0.3 is 0 Å². The van der Waals surface area contributed by atoms with Crippen LogP contribution < -0.4 is 5.32 Å². The molecule has 1 N–H and O–H groups in total. The molecule has 102 valence electrons. The highest BCUT2D eigenvalue weighted by Gasteiger charge is 2.11. The lowest BCUT2D eigenvalue weighted by Gasteiger charge is -2.21. The molecule has 0 heterocycles. The van der Waals surface area contributed by atoms with E-state index in [2.05, 4.69) is 42.0 Å². The van der Waals surface area contributed by atoms with Crippen LogP contribution in [0.2, 0.25) is 0 Å². The minimum Gasteiger partial charge on any atom is -0.311 e. The maximum atomic E-state index is 13.3. The number of halogens is 2. The van der Waals surface area contributed by atoms with Gasteiger partial charge in [-0.25, -0.2) is 4.39 Å². The molecule has 0 aromatic heterocycles. The number of hydrogen-bond acceptors (Lipinski definition) is 1. The van der Waals surface area contributed by atoms with Crippen molar-refractivity contribution < 1.29 is 4.39 Å². The van der Waals surface area contributed by atoms with Gasteiger partial charge in [0.1, 0.15) is 5.82 Å². The van der Waals surface area contributed by atoms with Crippen LogP contribution in [0.4, 0.5) is 4.39 Å². The van der Waals surface area contributed by atoms with E-state index >= 15 is 0 Å². The Morgan fingerprint density at radius 2 is 2.00 bits per heavy atom. The maximum absolute atomic E-state index is 13.3. The van der Waals surface area contributed by atoms with Crippen molar-refractivity contribution in [3.8, 4) is 0 Å². The molecule has 0 saturated carbocycles. The lowest BCUT2D eigenvalue weighted by Crippen LogP contribution is -2.36. The average molecular weight is 316 g/mol. The van der Waals surface area contributed by atoms with Crippen LogP contribution in [0.5, 0.6) is 0 Å². The fraction of sp³-hybridized carbons (Fsp3) is 0.600. The predicted octanol–water partition coefficient (Wildman–Crippen LogP) is 4.69. The summed E-state index contributed by atoms with van der Waals surface area (Å²) in [5.74, 6) is -0.168. The molecule has 0 spiro atoms. The molecule has 0 aliphatic heterocycles. The van der Waals surface area contributed by atoms with E-state index in [0.717, 1.165) is 22.9 Å². The molecule has 1 aromatic rings. The Balaban J connectivity index is 2.68. The normalized spacial score (nSPS) is 13.0. The van der Waals surface area contributed by atoms with Crippen molar-refractivity contribution in [2.45, 2.75) is 58.5 Å². The second-order valence-electron chi connectivity index (χ2n) is 5.14. The molecule has 1 aromatic carbocycles. The van der Waals surface area contributed by atoms with E-state index < -0.39 is 0 Å². The minimum absolute atomic E-state index is 0.168. The molecular formula is C15H23BrFN. The fourth-order valence-corrected chi connectivity index (χ4v) is 2.69. The smallest absolute Gasteiger partial charge is 0.124 e. The molecule has 0 bridgehead atoms. The summed E-state index contributed by atoms with van der Waals surface area (Å²) in [7, 11) is 0. The predicted molar refractivity (Wildman–Crippen MR) is 79.4 cm³/mol. The summed E-state index contributed by atoms with van der Waals surface area (Å²) >= 11 is 3.35. The highest BCUT2D eigenvalue weighted by Crippen LogP contribution is 2.17. The van der Waals surface area contributed by atoms with Crippen LogP contribution in [0.1, 0.15) is 45.6 Å². The third kappa shape index (κ3) is 5.96. The second-order valence-corrected chi connectivity index (χ2v) is 6.06. The Labute approximate surface area is 118 Å². The summed E-state index contributed by atoms with van der Waals surface area (Å²) in [5.41, 5.74) is 1.05. The van der Waals surface area contributed by atoms with Crippen LogP contribution in [-0.4, -0.2) is 12.1 Å². The molecule has 1 nitrogen and oxygen atoms in total. The molecule has 0 radical (unpaired) electrons. The fourth-order valence-electron chi connectivity index (χ4n) is 2.18. The lowest BCUT2D eigenvalue weighted by atomic mass is 10.0. The van der Waals surface area contributed by atoms with Crippen molar-refractivity contribution in [1.82, 2.24) is 5.32 Å². The Hall–Kier alpha value is -0.410. The molecule has 0 aliphatic carbocycles. The third-order valence-electron chi connectivity index (χ3n) is 2.88. The number of unbranched alkanes of at least 4 members (excludes halogenated alkanes) is 1. The van der Waals surface area contributed by atoms with Gasteiger partial charge in [0.25, 0.3) is 0 Å². The van der Waals surface area contributed by atoms with E-state index in [1.165, 1.54) is 18.9 Å². The minimum atomic E-state index is -0.168. The molecular weight excluding hydrogens is 293 g/mol. The highest BCUT2D eigenvalue weighted by atomic mass is 79.9. The summed E-state index contributed by atoms with van der Waals surface area (Å²) in [6.07, 6.45) is 4.43. The first kappa shape index (κ1) is 15.6. The Morgan fingerprint density at radius 1 is 1.28 bits per heavy atom. The average Bonchev–Trinajstić information content (AvgIpc) is 2.23. The van der Waals surface area contributed by atoms with Crippen LogP contribution in [0.25, 0.3) is 0 Å². The van der Waals surface area contributed by atoms with Crippen LogP contribution in [0.15, 0.2) is 22.7 Å². The summed E-state index contributed by atoms with van der Waals surface area (Å²) in [6.45, 7) is 6.51. The van der Waals surface area contributed by atoms with Gasteiger partial charge in [-0.15, -0.1) is 0 Å². The van der Waals surface area contributed by atoms with E-state index in [1.807, 2.05) is 6.07 Å². The van der Waals surface area contributed by atoms with E-state index in [1.54, 1.807) is 6.07 Å². The quantitative estimate of drug-likeness (QED) is 0.769. The topological polar surface area (TPSA) is 12.0 Å². The zero-order chi connectivity index (χ0) is 13.5. The van der Waals surface area contributed by atoms with Gasteiger partial charge in [-0.05, 0) is 36.6 Å². The van der Waals surface area contributed by atoms with Crippen molar-refractivity contribution in [2.75, 3.05) is 0 Å². The third-order valence-corrected chi connectivity index (χ3v) is 3.34. The van der Waals surface area contributed by atoms with Crippen LogP contribution in [0.3, 0.4) is 0 Å². The molecule has 0 fully saturated rings. The van der Waals surface area contributed by atoms with Gasteiger partial charge in [0.15, 0.2) is 0 Å². The zero-order valence-electron chi connectivity index (χ0n) is 11.5. The Morgan fingerprint density at radius 3 is 2.56 bits per heavy atom. The Kier molecular flexibility index (Phi) is 6.87. The summed E-state index contributed by atoms with van der Waals surface area (Å²) in [5, 5.41) is 3.56. The van der Waals surface area contributed by atoms with Crippen LogP contribution in [-0.2, 0) is 6.42 Å². The van der Waals surface area contributed by atoms with Crippen molar-refractivity contribution >= 4 is 15.9 Å². The SMILES string of the molecule is CCCCC(Cc1cc(F)cc(Br)c1)NC(C)C. The van der Waals surface area contributed by atoms with E-state index in [4.69, 9.17) is 0 Å². The zero-order valence-corrected chi connectivity index (χ0v) is 13.1. The molecule has 0 amide bonds. The van der Waals surface area contributed by atoms with Crippen LogP contribution >= 0.6 is 15.9 Å². The summed E-state index contributed by atoms with van der Waals surface area (Å²) in [4.78, 5) is 0. The van der Waals surface area contributed by atoms with Crippen molar-refractivity contribution in [1.29, 1.82) is 0 Å². The van der Waals surface area contributed by atoms with Gasteiger partial charge in [-0.2, -0.15) is 0 Å². The first-order chi connectivity index (χ1) is 8.51. The van der Waals surface area contributed by atoms with Crippen molar-refractivity contribution in [2.24, 2.45) is 0 Å². The largest absolute Gasteiger partial charge is 0.311 e. The van der Waals surface area contributed by atoms with Crippen molar-refractivity contribution in [3.63, 3.8) is 0 Å². The number of hydrogen-bond donors (Lipinski definition) is 1. The van der Waals surface area contributed by atoms with Gasteiger partial charge in [-0.3, -0.25) is 0 Å². The molecule has 0 aliphatic rings. The molecule has 1 atom stereocenters. The summed E-state index contributed by atoms with van der Waals surface area (Å²) < 4.78 is 14.2. The number of benzene rings is 1. The lowest BCUT2D eigenvalue weighted by molar-refractivity contribution is 0.424. The van der Waals surface area contributed by atoms with Gasteiger partial charge in [-0.1, -0.05) is 49.5 Å². The molecule has 1 unspecified atom stereocenters. The first-order valence-electron chi connectivity index (χ1n) is 6.72. The monoisotopic (exact) mass is 315 g/mol. The van der Waals surface area contributed by atoms with Gasteiger partial charge in [0, 0.05) is 16.6 Å². The molecule has 0 saturated heterocycles. The number of nitrogens with one attached hydrogen (secondary N) is 1. The Bertz CT molecular complexity index is 345. The number of rotatable bonds is 7. The second kappa shape index (κ2) is 7.90. The standard InChI is InChI=1S/C15H23BrFN/c1-4-5-6-15(18-11(2)3)9-12-7-13(16)10-14(17)8-12/h7-8,10-11,15,18H,4-6,9H2,1-3H3. The highest BCUT2D eigenvalue weighted by molar-refractivity contribution is 9.10. The molecule has 1 rings (SSSR count). The van der Waals surface area contributed by atoms with Crippen LogP contribution in [0, 0.1) is 5.82 Å². The van der Waals surface area contributed by atoms with E-state index in [-0.39, 0.29) is 5.82 Å². The van der Waals surface area contributed by atoms with E-state index in [9.17, 15) is 4.39 Å².